The molecule has 0 atom stereocenters. The molecule has 0 unspecified atom stereocenters. The van der Waals surface area contributed by atoms with Gasteiger partial charge < -0.3 is 15.8 Å². The molecule has 1 aromatic carbocycles. The van der Waals surface area contributed by atoms with E-state index in [0.717, 1.165) is 5.56 Å². The zero-order valence-corrected chi connectivity index (χ0v) is 11.8. The maximum absolute atomic E-state index is 12.2. The Morgan fingerprint density at radius 1 is 1.47 bits per heavy atom. The van der Waals surface area contributed by atoms with Gasteiger partial charge in [0.25, 0.3) is 0 Å². The van der Waals surface area contributed by atoms with Crippen molar-refractivity contribution in [2.75, 3.05) is 6.54 Å². The molecule has 0 saturated carbocycles. The minimum absolute atomic E-state index is 0.00112. The highest BCUT2D eigenvalue weighted by Gasteiger charge is 2.19. The van der Waals surface area contributed by atoms with Gasteiger partial charge in [0, 0.05) is 11.1 Å². The van der Waals surface area contributed by atoms with Gasteiger partial charge in [-0.15, -0.1) is 0 Å². The lowest BCUT2D eigenvalue weighted by atomic mass is 10.1. The molecular formula is C13H18ClN3O2. The maximum atomic E-state index is 12.2. The average molecular weight is 284 g/mol. The van der Waals surface area contributed by atoms with Gasteiger partial charge in [0.1, 0.15) is 0 Å². The van der Waals surface area contributed by atoms with E-state index in [2.05, 4.69) is 5.16 Å². The molecule has 1 aromatic rings. The van der Waals surface area contributed by atoms with Crippen molar-refractivity contribution in [2.24, 2.45) is 10.9 Å². The number of amides is 1. The van der Waals surface area contributed by atoms with E-state index >= 15 is 0 Å². The quantitative estimate of drug-likeness (QED) is 0.375. The fourth-order valence-corrected chi connectivity index (χ4v) is 1.87. The smallest absolute Gasteiger partial charge is 0.227 e. The number of hydrogen-bond donors (Lipinski definition) is 2. The summed E-state index contributed by atoms with van der Waals surface area (Å²) >= 11 is 6.03. The molecule has 0 spiro atoms. The first kappa shape index (κ1) is 15.3. The Bertz CT molecular complexity index is 475. The highest BCUT2D eigenvalue weighted by molar-refractivity contribution is 6.31. The number of carbonyl (C=O) groups excluding carboxylic acids is 1. The van der Waals surface area contributed by atoms with Crippen molar-refractivity contribution in [1.82, 2.24) is 4.90 Å². The van der Waals surface area contributed by atoms with Gasteiger partial charge in [0.05, 0.1) is 13.0 Å². The van der Waals surface area contributed by atoms with E-state index in [1.807, 2.05) is 32.0 Å². The number of hydrogen-bond acceptors (Lipinski definition) is 3. The molecule has 1 rings (SSSR count). The van der Waals surface area contributed by atoms with Crippen LogP contribution in [0.3, 0.4) is 0 Å². The topological polar surface area (TPSA) is 78.9 Å². The van der Waals surface area contributed by atoms with Crippen molar-refractivity contribution in [3.63, 3.8) is 0 Å². The average Bonchev–Trinajstić information content (AvgIpc) is 2.37. The highest BCUT2D eigenvalue weighted by atomic mass is 35.5. The lowest BCUT2D eigenvalue weighted by Crippen LogP contribution is -2.43. The van der Waals surface area contributed by atoms with Crippen LogP contribution in [0, 0.1) is 0 Å². The number of amidine groups is 1. The summed E-state index contributed by atoms with van der Waals surface area (Å²) in [7, 11) is 0. The predicted molar refractivity (Wildman–Crippen MR) is 75.4 cm³/mol. The van der Waals surface area contributed by atoms with Gasteiger partial charge >= 0.3 is 0 Å². The Morgan fingerprint density at radius 3 is 2.63 bits per heavy atom. The summed E-state index contributed by atoms with van der Waals surface area (Å²) < 4.78 is 0. The van der Waals surface area contributed by atoms with Gasteiger partial charge in [-0.25, -0.2) is 0 Å². The molecule has 6 heteroatoms. The lowest BCUT2D eigenvalue weighted by molar-refractivity contribution is -0.131. The minimum Gasteiger partial charge on any atom is -0.409 e. The van der Waals surface area contributed by atoms with Crippen molar-refractivity contribution in [3.8, 4) is 0 Å². The molecule has 0 aliphatic heterocycles. The van der Waals surface area contributed by atoms with Crippen molar-refractivity contribution < 1.29 is 10.0 Å². The first-order valence-corrected chi connectivity index (χ1v) is 6.32. The first-order chi connectivity index (χ1) is 8.95. The monoisotopic (exact) mass is 283 g/mol. The van der Waals surface area contributed by atoms with Crippen molar-refractivity contribution in [2.45, 2.75) is 26.3 Å². The van der Waals surface area contributed by atoms with Crippen molar-refractivity contribution in [1.29, 1.82) is 0 Å². The molecule has 19 heavy (non-hydrogen) atoms. The number of oxime groups is 1. The number of benzene rings is 1. The Balaban J connectivity index is 2.81. The Hall–Kier alpha value is -1.75. The second-order valence-electron chi connectivity index (χ2n) is 4.47. The van der Waals surface area contributed by atoms with E-state index in [1.165, 1.54) is 0 Å². The van der Waals surface area contributed by atoms with Crippen LogP contribution in [0.5, 0.6) is 0 Å². The zero-order chi connectivity index (χ0) is 14.4. The lowest BCUT2D eigenvalue weighted by Gasteiger charge is -2.26. The van der Waals surface area contributed by atoms with Gasteiger partial charge in [-0.1, -0.05) is 35.0 Å². The molecule has 0 radical (unpaired) electrons. The van der Waals surface area contributed by atoms with Gasteiger partial charge in [-0.2, -0.15) is 0 Å². The Morgan fingerprint density at radius 2 is 2.11 bits per heavy atom. The van der Waals surface area contributed by atoms with Gasteiger partial charge in [0.15, 0.2) is 5.84 Å². The second kappa shape index (κ2) is 6.99. The van der Waals surface area contributed by atoms with Crippen LogP contribution in [0.1, 0.15) is 19.4 Å². The summed E-state index contributed by atoms with van der Waals surface area (Å²) in [4.78, 5) is 13.8. The Kier molecular flexibility index (Phi) is 5.63. The van der Waals surface area contributed by atoms with Crippen LogP contribution in [0.15, 0.2) is 29.4 Å². The third-order valence-electron chi connectivity index (χ3n) is 2.70. The van der Waals surface area contributed by atoms with Crippen molar-refractivity contribution in [3.05, 3.63) is 34.9 Å². The summed E-state index contributed by atoms with van der Waals surface area (Å²) in [5.74, 6) is -0.115. The maximum Gasteiger partial charge on any atom is 0.227 e. The minimum atomic E-state index is -0.116. The van der Waals surface area contributed by atoms with E-state index in [4.69, 9.17) is 22.5 Å². The van der Waals surface area contributed by atoms with E-state index in [1.54, 1.807) is 11.0 Å². The van der Waals surface area contributed by atoms with Crippen LogP contribution < -0.4 is 5.73 Å². The number of nitrogens with two attached hydrogens (primary N) is 1. The third-order valence-corrected chi connectivity index (χ3v) is 3.07. The van der Waals surface area contributed by atoms with Crippen LogP contribution in [-0.2, 0) is 11.2 Å². The largest absolute Gasteiger partial charge is 0.409 e. The van der Waals surface area contributed by atoms with Crippen molar-refractivity contribution >= 4 is 23.3 Å². The molecule has 0 saturated heterocycles. The first-order valence-electron chi connectivity index (χ1n) is 5.95. The second-order valence-corrected chi connectivity index (χ2v) is 4.88. The zero-order valence-electron chi connectivity index (χ0n) is 11.0. The predicted octanol–water partition coefficient (Wildman–Crippen LogP) is 1.87. The fraction of sp³-hybridized carbons (Fsp3) is 0.385. The van der Waals surface area contributed by atoms with Gasteiger partial charge in [-0.3, -0.25) is 4.79 Å². The van der Waals surface area contributed by atoms with Crippen LogP contribution in [0.25, 0.3) is 0 Å². The molecule has 0 bridgehead atoms. The molecule has 3 N–H and O–H groups in total. The standard InChI is InChI=1S/C13H18ClN3O2/c1-9(2)17(8-12(15)16-19)13(18)7-10-5-3-4-6-11(10)14/h3-6,9,19H,7-8H2,1-2H3,(H2,15,16). The summed E-state index contributed by atoms with van der Waals surface area (Å²) in [6, 6.07) is 7.15. The summed E-state index contributed by atoms with van der Waals surface area (Å²) in [5.41, 5.74) is 6.22. The third kappa shape index (κ3) is 4.44. The fourth-order valence-electron chi connectivity index (χ4n) is 1.67. The number of carbonyl (C=O) groups is 1. The van der Waals surface area contributed by atoms with Crippen LogP contribution in [-0.4, -0.2) is 34.4 Å². The van der Waals surface area contributed by atoms with Crippen LogP contribution in [0.2, 0.25) is 5.02 Å². The molecule has 0 aliphatic rings. The molecule has 0 aromatic heterocycles. The molecular weight excluding hydrogens is 266 g/mol. The van der Waals surface area contributed by atoms with E-state index in [0.29, 0.717) is 5.02 Å². The molecule has 0 heterocycles. The van der Waals surface area contributed by atoms with E-state index in [9.17, 15) is 4.79 Å². The Labute approximate surface area is 117 Å². The molecule has 1 amide bonds. The molecule has 0 aliphatic carbocycles. The van der Waals surface area contributed by atoms with E-state index < -0.39 is 0 Å². The van der Waals surface area contributed by atoms with Gasteiger partial charge in [-0.05, 0) is 25.5 Å². The summed E-state index contributed by atoms with van der Waals surface area (Å²) in [5, 5.41) is 12.0. The SMILES string of the molecule is CC(C)N(CC(N)=NO)C(=O)Cc1ccccc1Cl. The van der Waals surface area contributed by atoms with E-state index in [-0.39, 0.29) is 30.8 Å². The number of halogens is 1. The molecule has 5 nitrogen and oxygen atoms in total. The van der Waals surface area contributed by atoms with Gasteiger partial charge in [0.2, 0.25) is 5.91 Å². The van der Waals surface area contributed by atoms with Crippen LogP contribution in [0.4, 0.5) is 0 Å². The number of rotatable bonds is 5. The number of nitrogens with zero attached hydrogens (tertiary/aromatic N) is 2. The highest BCUT2D eigenvalue weighted by Crippen LogP contribution is 2.16. The van der Waals surface area contributed by atoms with Crippen LogP contribution >= 0.6 is 11.6 Å². The summed E-state index contributed by atoms with van der Waals surface area (Å²) in [6.07, 6.45) is 0.191. The summed E-state index contributed by atoms with van der Waals surface area (Å²) in [6.45, 7) is 3.84. The molecule has 0 fully saturated rings. The normalized spacial score (nSPS) is 11.7. The molecule has 104 valence electrons.